The highest BCUT2D eigenvalue weighted by atomic mass is 35.5. The maximum Gasteiger partial charge on any atom is 0.264 e. The van der Waals surface area contributed by atoms with Gasteiger partial charge in [-0.15, -0.1) is 0 Å². The molecule has 0 aliphatic carbocycles. The predicted octanol–water partition coefficient (Wildman–Crippen LogP) is 5.06. The summed E-state index contributed by atoms with van der Waals surface area (Å²) in [6.45, 7) is 4.96. The number of hydrogen-bond donors (Lipinski definition) is 1. The first-order valence-corrected chi connectivity index (χ1v) is 14.4. The summed E-state index contributed by atoms with van der Waals surface area (Å²) in [4.78, 5) is 28.0. The number of nitrogens with zero attached hydrogens (tertiary/aromatic N) is 2. The van der Waals surface area contributed by atoms with Crippen LogP contribution in [0.15, 0.2) is 71.6 Å². The molecule has 0 heterocycles. The van der Waals surface area contributed by atoms with Crippen molar-refractivity contribution in [1.82, 2.24) is 10.2 Å². The van der Waals surface area contributed by atoms with Crippen molar-refractivity contribution in [3.8, 4) is 5.75 Å². The monoisotopic (exact) mass is 591 g/mol. The van der Waals surface area contributed by atoms with Gasteiger partial charge in [-0.1, -0.05) is 53.0 Å². The SMILES string of the molecule is CCNC(=O)C(C)N(Cc1ccc(Cl)cc1Cl)C(=O)CN(c1cccc(OC)c1)S(=O)(=O)c1ccc(C)cc1. The molecule has 2 amide bonds. The minimum Gasteiger partial charge on any atom is -0.497 e. The fourth-order valence-electron chi connectivity index (χ4n) is 3.87. The van der Waals surface area contributed by atoms with Crippen LogP contribution in [0.2, 0.25) is 10.0 Å². The number of amides is 2. The number of hydrogen-bond acceptors (Lipinski definition) is 5. The first kappa shape index (κ1) is 30.3. The van der Waals surface area contributed by atoms with Crippen LogP contribution in [0.5, 0.6) is 5.75 Å². The second-order valence-corrected chi connectivity index (χ2v) is 11.6. The van der Waals surface area contributed by atoms with Gasteiger partial charge < -0.3 is 15.0 Å². The number of benzene rings is 3. The average Bonchev–Trinajstić information content (AvgIpc) is 2.91. The number of ether oxygens (including phenoxy) is 1. The lowest BCUT2D eigenvalue weighted by atomic mass is 10.1. The van der Waals surface area contributed by atoms with E-state index in [2.05, 4.69) is 5.32 Å². The molecule has 0 bridgehead atoms. The molecular formula is C28H31Cl2N3O5S. The Morgan fingerprint density at radius 1 is 1.03 bits per heavy atom. The van der Waals surface area contributed by atoms with Gasteiger partial charge in [-0.3, -0.25) is 13.9 Å². The van der Waals surface area contributed by atoms with E-state index in [0.29, 0.717) is 27.9 Å². The van der Waals surface area contributed by atoms with Crippen molar-refractivity contribution in [3.05, 3.63) is 87.9 Å². The number of nitrogens with one attached hydrogen (secondary N) is 1. The highest BCUT2D eigenvalue weighted by Crippen LogP contribution is 2.28. The third-order valence-corrected chi connectivity index (χ3v) is 8.48. The number of carbonyl (C=O) groups excluding carboxylic acids is 2. The minimum absolute atomic E-state index is 0.0211. The number of rotatable bonds is 11. The molecule has 0 aromatic heterocycles. The highest BCUT2D eigenvalue weighted by molar-refractivity contribution is 7.92. The van der Waals surface area contributed by atoms with Crippen molar-refractivity contribution in [1.29, 1.82) is 0 Å². The molecule has 3 aromatic carbocycles. The van der Waals surface area contributed by atoms with Crippen molar-refractivity contribution in [2.24, 2.45) is 0 Å². The van der Waals surface area contributed by atoms with E-state index in [1.807, 2.05) is 6.92 Å². The maximum absolute atomic E-state index is 13.9. The van der Waals surface area contributed by atoms with Crippen LogP contribution in [0, 0.1) is 6.92 Å². The number of methoxy groups -OCH3 is 1. The van der Waals surface area contributed by atoms with Crippen molar-refractivity contribution in [3.63, 3.8) is 0 Å². The lowest BCUT2D eigenvalue weighted by Gasteiger charge is -2.32. The fraction of sp³-hybridized carbons (Fsp3) is 0.286. The Kier molecular flexibility index (Phi) is 10.2. The molecule has 208 valence electrons. The maximum atomic E-state index is 13.9. The van der Waals surface area contributed by atoms with Gasteiger partial charge in [-0.25, -0.2) is 8.42 Å². The molecule has 1 atom stereocenters. The van der Waals surface area contributed by atoms with Gasteiger partial charge in [0.2, 0.25) is 11.8 Å². The summed E-state index contributed by atoms with van der Waals surface area (Å²) in [5, 5.41) is 3.46. The van der Waals surface area contributed by atoms with Crippen molar-refractivity contribution >= 4 is 50.7 Å². The van der Waals surface area contributed by atoms with Crippen LogP contribution in [-0.2, 0) is 26.2 Å². The molecule has 39 heavy (non-hydrogen) atoms. The zero-order valence-corrected chi connectivity index (χ0v) is 24.5. The Morgan fingerprint density at radius 2 is 1.72 bits per heavy atom. The van der Waals surface area contributed by atoms with E-state index in [1.165, 1.54) is 30.2 Å². The number of sulfonamides is 1. The van der Waals surface area contributed by atoms with E-state index in [9.17, 15) is 18.0 Å². The highest BCUT2D eigenvalue weighted by Gasteiger charge is 2.33. The quantitative estimate of drug-likeness (QED) is 0.336. The third kappa shape index (κ3) is 7.44. The summed E-state index contributed by atoms with van der Waals surface area (Å²) in [6.07, 6.45) is 0. The van der Waals surface area contributed by atoms with Crippen LogP contribution in [0.1, 0.15) is 25.0 Å². The fourth-order valence-corrected chi connectivity index (χ4v) is 5.74. The zero-order chi connectivity index (χ0) is 28.7. The van der Waals surface area contributed by atoms with E-state index < -0.39 is 28.5 Å². The van der Waals surface area contributed by atoms with Crippen LogP contribution in [-0.4, -0.2) is 51.4 Å². The van der Waals surface area contributed by atoms with Gasteiger partial charge in [0, 0.05) is 29.2 Å². The average molecular weight is 593 g/mol. The summed E-state index contributed by atoms with van der Waals surface area (Å²) in [5.74, 6) is -0.562. The molecule has 8 nitrogen and oxygen atoms in total. The Bertz CT molecular complexity index is 1430. The zero-order valence-electron chi connectivity index (χ0n) is 22.1. The van der Waals surface area contributed by atoms with E-state index in [4.69, 9.17) is 27.9 Å². The Morgan fingerprint density at radius 3 is 2.33 bits per heavy atom. The molecule has 1 N–H and O–H groups in total. The van der Waals surface area contributed by atoms with Crippen LogP contribution in [0.25, 0.3) is 0 Å². The summed E-state index contributed by atoms with van der Waals surface area (Å²) in [6, 6.07) is 16.7. The Hall–Kier alpha value is -3.27. The number of aryl methyl sites for hydroxylation is 1. The first-order chi connectivity index (χ1) is 18.5. The number of likely N-dealkylation sites (N-methyl/N-ethyl adjacent to an activating group) is 1. The van der Waals surface area contributed by atoms with Crippen molar-refractivity contribution in [2.75, 3.05) is 24.5 Å². The summed E-state index contributed by atoms with van der Waals surface area (Å²) < 4.78 is 34.0. The van der Waals surface area contributed by atoms with E-state index in [0.717, 1.165) is 9.87 Å². The van der Waals surface area contributed by atoms with Crippen LogP contribution in [0.4, 0.5) is 5.69 Å². The van der Waals surface area contributed by atoms with E-state index >= 15 is 0 Å². The molecule has 0 radical (unpaired) electrons. The lowest BCUT2D eigenvalue weighted by molar-refractivity contribution is -0.139. The standard InChI is InChI=1S/C28H31Cl2N3O5S/c1-5-31-28(35)20(3)32(17-21-11-12-22(29)15-26(21)30)27(34)18-33(23-7-6-8-24(16-23)38-4)39(36,37)25-13-9-19(2)10-14-25/h6-16,20H,5,17-18H2,1-4H3,(H,31,35). The molecular weight excluding hydrogens is 561 g/mol. The topological polar surface area (TPSA) is 96.0 Å². The molecule has 0 saturated heterocycles. The van der Waals surface area contributed by atoms with Crippen LogP contribution in [0.3, 0.4) is 0 Å². The molecule has 0 fully saturated rings. The molecule has 3 aromatic rings. The number of anilines is 1. The van der Waals surface area contributed by atoms with Gasteiger partial charge in [-0.2, -0.15) is 0 Å². The number of carbonyl (C=O) groups is 2. The van der Waals surface area contributed by atoms with E-state index in [-0.39, 0.29) is 23.0 Å². The number of halogens is 2. The van der Waals surface area contributed by atoms with Gasteiger partial charge >= 0.3 is 0 Å². The molecule has 3 rings (SSSR count). The van der Waals surface area contributed by atoms with E-state index in [1.54, 1.807) is 62.4 Å². The lowest BCUT2D eigenvalue weighted by Crippen LogP contribution is -2.51. The second kappa shape index (κ2) is 13.2. The van der Waals surface area contributed by atoms with Gasteiger partial charge in [0.05, 0.1) is 17.7 Å². The largest absolute Gasteiger partial charge is 0.497 e. The Labute approximate surface area is 239 Å². The molecule has 0 aliphatic rings. The summed E-state index contributed by atoms with van der Waals surface area (Å²) >= 11 is 12.4. The smallest absolute Gasteiger partial charge is 0.264 e. The molecule has 1 unspecified atom stereocenters. The Balaban J connectivity index is 2.07. The summed E-state index contributed by atoms with van der Waals surface area (Å²) in [7, 11) is -2.71. The van der Waals surface area contributed by atoms with Gasteiger partial charge in [0.15, 0.2) is 0 Å². The molecule has 0 aliphatic heterocycles. The summed E-state index contributed by atoms with van der Waals surface area (Å²) in [5.41, 5.74) is 1.68. The molecule has 11 heteroatoms. The predicted molar refractivity (Wildman–Crippen MR) is 154 cm³/mol. The second-order valence-electron chi connectivity index (χ2n) is 8.85. The van der Waals surface area contributed by atoms with Gasteiger partial charge in [0.25, 0.3) is 10.0 Å². The first-order valence-electron chi connectivity index (χ1n) is 12.2. The van der Waals surface area contributed by atoms with Crippen LogP contribution >= 0.6 is 23.2 Å². The van der Waals surface area contributed by atoms with Crippen LogP contribution < -0.4 is 14.4 Å². The van der Waals surface area contributed by atoms with Gasteiger partial charge in [0.1, 0.15) is 18.3 Å². The normalized spacial score (nSPS) is 11.9. The van der Waals surface area contributed by atoms with Crippen molar-refractivity contribution < 1.29 is 22.7 Å². The molecule has 0 saturated carbocycles. The molecule has 0 spiro atoms. The third-order valence-electron chi connectivity index (χ3n) is 6.10. The van der Waals surface area contributed by atoms with Crippen molar-refractivity contribution in [2.45, 2.75) is 38.3 Å². The van der Waals surface area contributed by atoms with Gasteiger partial charge in [-0.05, 0) is 62.7 Å². The minimum atomic E-state index is -4.18.